The number of carboxylic acid groups (broad SMARTS) is 1. The zero-order valence-corrected chi connectivity index (χ0v) is 15.5. The van der Waals surface area contributed by atoms with Gasteiger partial charge in [0, 0.05) is 13.0 Å². The van der Waals surface area contributed by atoms with Gasteiger partial charge < -0.3 is 15.3 Å². The maximum atomic E-state index is 13.9. The summed E-state index contributed by atoms with van der Waals surface area (Å²) in [5.41, 5.74) is 0.554. The van der Waals surface area contributed by atoms with E-state index < -0.39 is 23.7 Å². The highest BCUT2D eigenvalue weighted by Crippen LogP contribution is 2.28. The Balaban J connectivity index is 1.68. The number of carbonyl (C=O) groups is 3. The van der Waals surface area contributed by atoms with E-state index in [2.05, 4.69) is 10.3 Å². The van der Waals surface area contributed by atoms with Crippen LogP contribution in [0.5, 0.6) is 0 Å². The molecular formula is C18H18FN3O4S. The number of nitrogens with one attached hydrogen (secondary N) is 1. The maximum absolute atomic E-state index is 13.9. The summed E-state index contributed by atoms with van der Waals surface area (Å²) in [6, 6.07) is 5.44. The molecule has 2 atom stereocenters. The minimum absolute atomic E-state index is 0.00976. The van der Waals surface area contributed by atoms with Gasteiger partial charge in [0.05, 0.1) is 23.3 Å². The molecule has 0 saturated carbocycles. The van der Waals surface area contributed by atoms with Crippen LogP contribution < -0.4 is 10.2 Å². The number of aryl methyl sites for hydroxylation is 1. The van der Waals surface area contributed by atoms with Crippen molar-refractivity contribution in [1.29, 1.82) is 0 Å². The van der Waals surface area contributed by atoms with Gasteiger partial charge >= 0.3 is 5.97 Å². The minimum atomic E-state index is -1.06. The van der Waals surface area contributed by atoms with Crippen LogP contribution in [0.4, 0.5) is 10.1 Å². The highest BCUT2D eigenvalue weighted by molar-refractivity contribution is 7.13. The number of aromatic carboxylic acids is 1. The second-order valence-corrected chi connectivity index (χ2v) is 7.39. The van der Waals surface area contributed by atoms with Gasteiger partial charge in [0.25, 0.3) is 0 Å². The topological polar surface area (TPSA) is 99.6 Å². The SMILES string of the molecule is Cc1nc(C(C)NC(=O)C2CC(=O)N(c3ccccc3F)C2)sc1C(=O)O. The van der Waals surface area contributed by atoms with Crippen molar-refractivity contribution in [3.63, 3.8) is 0 Å². The fourth-order valence-electron chi connectivity index (χ4n) is 2.98. The first-order valence-electron chi connectivity index (χ1n) is 8.33. The van der Waals surface area contributed by atoms with Gasteiger partial charge in [0.15, 0.2) is 0 Å². The quantitative estimate of drug-likeness (QED) is 0.816. The van der Waals surface area contributed by atoms with E-state index >= 15 is 0 Å². The number of carboxylic acids is 1. The first kappa shape index (κ1) is 19.0. The average Bonchev–Trinajstić information content (AvgIpc) is 3.18. The molecule has 1 aliphatic rings. The lowest BCUT2D eigenvalue weighted by Gasteiger charge is -2.18. The van der Waals surface area contributed by atoms with Crippen LogP contribution in [0.1, 0.15) is 39.8 Å². The first-order valence-corrected chi connectivity index (χ1v) is 9.15. The molecule has 1 saturated heterocycles. The van der Waals surface area contributed by atoms with Crippen LogP contribution in [0.25, 0.3) is 0 Å². The monoisotopic (exact) mass is 391 g/mol. The maximum Gasteiger partial charge on any atom is 0.347 e. The van der Waals surface area contributed by atoms with Crippen molar-refractivity contribution in [1.82, 2.24) is 10.3 Å². The van der Waals surface area contributed by atoms with Crippen LogP contribution in [-0.2, 0) is 9.59 Å². The summed E-state index contributed by atoms with van der Waals surface area (Å²) >= 11 is 1.01. The number of nitrogens with zero attached hydrogens (tertiary/aromatic N) is 2. The van der Waals surface area contributed by atoms with Crippen molar-refractivity contribution in [3.05, 3.63) is 45.7 Å². The summed E-state index contributed by atoms with van der Waals surface area (Å²) < 4.78 is 13.9. The Morgan fingerprint density at radius 1 is 1.41 bits per heavy atom. The largest absolute Gasteiger partial charge is 0.477 e. The molecule has 9 heteroatoms. The van der Waals surface area contributed by atoms with Gasteiger partial charge in [-0.15, -0.1) is 11.3 Å². The number of carbonyl (C=O) groups excluding carboxylic acids is 2. The molecule has 142 valence electrons. The van der Waals surface area contributed by atoms with E-state index in [0.29, 0.717) is 10.7 Å². The summed E-state index contributed by atoms with van der Waals surface area (Å²) in [6.45, 7) is 3.39. The number of halogens is 1. The molecule has 2 unspecified atom stereocenters. The number of hydrogen-bond donors (Lipinski definition) is 2. The van der Waals surface area contributed by atoms with Gasteiger partial charge in [0.2, 0.25) is 11.8 Å². The predicted molar refractivity (Wildman–Crippen MR) is 97.2 cm³/mol. The van der Waals surface area contributed by atoms with Crippen molar-refractivity contribution in [2.45, 2.75) is 26.3 Å². The smallest absolute Gasteiger partial charge is 0.347 e. The van der Waals surface area contributed by atoms with Gasteiger partial charge in [-0.25, -0.2) is 14.2 Å². The number of rotatable bonds is 5. The van der Waals surface area contributed by atoms with E-state index in [1.807, 2.05) is 0 Å². The molecule has 0 radical (unpaired) electrons. The van der Waals surface area contributed by atoms with Crippen LogP contribution in [0.15, 0.2) is 24.3 Å². The molecule has 2 amide bonds. The standard InChI is InChI=1S/C18H18FN3O4S/c1-9-15(18(25)26)27-17(21-9)10(2)20-16(24)11-7-14(23)22(8-11)13-6-4-3-5-12(13)19/h3-6,10-11H,7-8H2,1-2H3,(H,20,24)(H,25,26). The van der Waals surface area contributed by atoms with Crippen LogP contribution in [0.2, 0.25) is 0 Å². The number of benzene rings is 1. The Hall–Kier alpha value is -2.81. The van der Waals surface area contributed by atoms with Crippen molar-refractivity contribution in [3.8, 4) is 0 Å². The van der Waals surface area contributed by atoms with E-state index in [9.17, 15) is 18.8 Å². The lowest BCUT2D eigenvalue weighted by atomic mass is 10.1. The van der Waals surface area contributed by atoms with Crippen molar-refractivity contribution >= 4 is 34.8 Å². The van der Waals surface area contributed by atoms with E-state index in [4.69, 9.17) is 5.11 Å². The van der Waals surface area contributed by atoms with Crippen LogP contribution >= 0.6 is 11.3 Å². The number of para-hydroxylation sites is 1. The van der Waals surface area contributed by atoms with E-state index in [1.165, 1.54) is 23.1 Å². The summed E-state index contributed by atoms with van der Waals surface area (Å²) in [5, 5.41) is 12.4. The number of hydrogen-bond acceptors (Lipinski definition) is 5. The fraction of sp³-hybridized carbons (Fsp3) is 0.333. The Morgan fingerprint density at radius 2 is 2.11 bits per heavy atom. The van der Waals surface area contributed by atoms with Crippen LogP contribution in [0.3, 0.4) is 0 Å². The lowest BCUT2D eigenvalue weighted by molar-refractivity contribution is -0.126. The third-order valence-electron chi connectivity index (χ3n) is 4.38. The Morgan fingerprint density at radius 3 is 2.74 bits per heavy atom. The molecule has 2 aromatic rings. The molecule has 2 heterocycles. The molecule has 0 bridgehead atoms. The molecule has 2 N–H and O–H groups in total. The Kier molecular flexibility index (Phi) is 5.22. The molecule has 7 nitrogen and oxygen atoms in total. The van der Waals surface area contributed by atoms with Crippen molar-refractivity contribution in [2.24, 2.45) is 5.92 Å². The second-order valence-electron chi connectivity index (χ2n) is 6.36. The normalized spacial score (nSPS) is 17.8. The van der Waals surface area contributed by atoms with Crippen LogP contribution in [0, 0.1) is 18.7 Å². The zero-order chi connectivity index (χ0) is 19.7. The average molecular weight is 391 g/mol. The first-order chi connectivity index (χ1) is 12.8. The lowest BCUT2D eigenvalue weighted by Crippen LogP contribution is -2.34. The van der Waals surface area contributed by atoms with E-state index in [0.717, 1.165) is 11.3 Å². The molecule has 1 aromatic heterocycles. The number of anilines is 1. The molecule has 0 spiro atoms. The molecule has 3 rings (SSSR count). The molecule has 1 aromatic carbocycles. The van der Waals surface area contributed by atoms with Crippen molar-refractivity contribution in [2.75, 3.05) is 11.4 Å². The third-order valence-corrected chi connectivity index (χ3v) is 5.70. The highest BCUT2D eigenvalue weighted by atomic mass is 32.1. The Bertz CT molecular complexity index is 914. The molecule has 27 heavy (non-hydrogen) atoms. The second kappa shape index (κ2) is 7.43. The molecule has 1 aliphatic heterocycles. The number of aromatic nitrogens is 1. The summed E-state index contributed by atoms with van der Waals surface area (Å²) in [6.07, 6.45) is -0.00976. The fourth-order valence-corrected chi connectivity index (χ4v) is 3.89. The third kappa shape index (κ3) is 3.82. The molecule has 0 aliphatic carbocycles. The van der Waals surface area contributed by atoms with E-state index in [1.54, 1.807) is 19.9 Å². The molecular weight excluding hydrogens is 373 g/mol. The van der Waals surface area contributed by atoms with Gasteiger partial charge in [-0.05, 0) is 26.0 Å². The number of thiazole rings is 1. The van der Waals surface area contributed by atoms with Gasteiger partial charge in [-0.2, -0.15) is 0 Å². The Labute approximate surface area is 158 Å². The van der Waals surface area contributed by atoms with Gasteiger partial charge in [-0.3, -0.25) is 9.59 Å². The van der Waals surface area contributed by atoms with E-state index in [-0.39, 0.29) is 35.3 Å². The minimum Gasteiger partial charge on any atom is -0.477 e. The molecule has 1 fully saturated rings. The highest BCUT2D eigenvalue weighted by Gasteiger charge is 2.36. The van der Waals surface area contributed by atoms with Gasteiger partial charge in [0.1, 0.15) is 15.7 Å². The van der Waals surface area contributed by atoms with Crippen LogP contribution in [-0.4, -0.2) is 34.4 Å². The predicted octanol–water partition coefficient (Wildman–Crippen LogP) is 2.52. The summed E-state index contributed by atoms with van der Waals surface area (Å²) in [7, 11) is 0. The van der Waals surface area contributed by atoms with Crippen molar-refractivity contribution < 1.29 is 23.9 Å². The zero-order valence-electron chi connectivity index (χ0n) is 14.7. The summed E-state index contributed by atoms with van der Waals surface area (Å²) in [5.74, 6) is -2.85. The number of amides is 2. The van der Waals surface area contributed by atoms with Gasteiger partial charge in [-0.1, -0.05) is 12.1 Å². The summed E-state index contributed by atoms with van der Waals surface area (Å²) in [4.78, 5) is 41.5.